The van der Waals surface area contributed by atoms with Gasteiger partial charge in [0.2, 0.25) is 0 Å². The van der Waals surface area contributed by atoms with E-state index < -0.39 is 0 Å². The third-order valence-corrected chi connectivity index (χ3v) is 5.56. The first-order valence-electron chi connectivity index (χ1n) is 10.2. The number of hydrogen-bond donors (Lipinski definition) is 1. The van der Waals surface area contributed by atoms with Crippen molar-refractivity contribution in [1.82, 2.24) is 10.2 Å². The van der Waals surface area contributed by atoms with E-state index >= 15 is 0 Å². The predicted molar refractivity (Wildman–Crippen MR) is 112 cm³/mol. The Morgan fingerprint density at radius 2 is 1.67 bits per heavy atom. The Labute approximate surface area is 163 Å². The standard InChI is InChI=1S/C24H32N2O/c1-18-8-13-23(19(2)16-18)20(3)25-24(27)22-11-9-21(10-12-22)17-26-14-6-4-5-7-15-26/h8-13,16,20H,4-7,14-15,17H2,1-3H3,(H,25,27)/t20-/m0/s1. The summed E-state index contributed by atoms with van der Waals surface area (Å²) in [6, 6.07) is 14.5. The summed E-state index contributed by atoms with van der Waals surface area (Å²) in [5, 5.41) is 3.13. The Hall–Kier alpha value is -2.13. The van der Waals surface area contributed by atoms with Gasteiger partial charge in [0.05, 0.1) is 6.04 Å². The number of benzene rings is 2. The second-order valence-corrected chi connectivity index (χ2v) is 7.94. The molecule has 1 heterocycles. The summed E-state index contributed by atoms with van der Waals surface area (Å²) in [5.74, 6) is -0.0104. The largest absolute Gasteiger partial charge is 0.346 e. The van der Waals surface area contributed by atoms with Crippen molar-refractivity contribution < 1.29 is 4.79 Å². The van der Waals surface area contributed by atoms with Crippen LogP contribution in [-0.4, -0.2) is 23.9 Å². The van der Waals surface area contributed by atoms with Crippen molar-refractivity contribution in [3.8, 4) is 0 Å². The molecule has 0 radical (unpaired) electrons. The summed E-state index contributed by atoms with van der Waals surface area (Å²) in [6.45, 7) is 9.60. The molecule has 1 aliphatic heterocycles. The van der Waals surface area contributed by atoms with Gasteiger partial charge in [0.25, 0.3) is 5.91 Å². The topological polar surface area (TPSA) is 32.3 Å². The Balaban J connectivity index is 1.59. The van der Waals surface area contributed by atoms with Gasteiger partial charge in [-0.05, 0) is 75.5 Å². The zero-order valence-corrected chi connectivity index (χ0v) is 16.9. The summed E-state index contributed by atoms with van der Waals surface area (Å²) in [4.78, 5) is 15.2. The first-order chi connectivity index (χ1) is 13.0. The minimum atomic E-state index is -0.0104. The molecule has 1 N–H and O–H groups in total. The zero-order chi connectivity index (χ0) is 19.2. The fraction of sp³-hybridized carbons (Fsp3) is 0.458. The van der Waals surface area contributed by atoms with Crippen LogP contribution >= 0.6 is 0 Å². The van der Waals surface area contributed by atoms with E-state index in [9.17, 15) is 4.79 Å². The SMILES string of the molecule is Cc1ccc([C@H](C)NC(=O)c2ccc(CN3CCCCCC3)cc2)c(C)c1. The molecule has 1 saturated heterocycles. The van der Waals surface area contributed by atoms with E-state index in [0.717, 1.165) is 12.1 Å². The molecule has 0 aromatic heterocycles. The first kappa shape index (κ1) is 19.6. The molecule has 0 aliphatic carbocycles. The number of hydrogen-bond acceptors (Lipinski definition) is 2. The van der Waals surface area contributed by atoms with Gasteiger partial charge in [0.15, 0.2) is 0 Å². The van der Waals surface area contributed by atoms with Crippen LogP contribution in [0, 0.1) is 13.8 Å². The summed E-state index contributed by atoms with van der Waals surface area (Å²) in [5.41, 5.74) is 5.65. The Bertz CT molecular complexity index is 758. The van der Waals surface area contributed by atoms with Gasteiger partial charge in [-0.15, -0.1) is 0 Å². The van der Waals surface area contributed by atoms with Crippen molar-refractivity contribution in [3.63, 3.8) is 0 Å². The Morgan fingerprint density at radius 3 is 2.30 bits per heavy atom. The second-order valence-electron chi connectivity index (χ2n) is 7.94. The van der Waals surface area contributed by atoms with Gasteiger partial charge in [0, 0.05) is 12.1 Å². The lowest BCUT2D eigenvalue weighted by molar-refractivity contribution is 0.0940. The van der Waals surface area contributed by atoms with Crippen LogP contribution in [0.25, 0.3) is 0 Å². The van der Waals surface area contributed by atoms with Crippen LogP contribution in [0.1, 0.15) is 71.3 Å². The molecule has 2 aromatic carbocycles. The normalized spacial score (nSPS) is 16.6. The molecule has 1 atom stereocenters. The molecule has 3 nitrogen and oxygen atoms in total. The van der Waals surface area contributed by atoms with Crippen LogP contribution in [0.2, 0.25) is 0 Å². The van der Waals surface area contributed by atoms with Crippen LogP contribution in [0.5, 0.6) is 0 Å². The van der Waals surface area contributed by atoms with Gasteiger partial charge in [-0.1, -0.05) is 48.7 Å². The molecule has 3 rings (SSSR count). The van der Waals surface area contributed by atoms with E-state index in [1.54, 1.807) is 0 Å². The smallest absolute Gasteiger partial charge is 0.251 e. The fourth-order valence-electron chi connectivity index (χ4n) is 3.98. The molecule has 0 saturated carbocycles. The molecule has 0 bridgehead atoms. The maximum Gasteiger partial charge on any atom is 0.251 e. The molecule has 3 heteroatoms. The molecule has 1 fully saturated rings. The molecule has 2 aromatic rings. The van der Waals surface area contributed by atoms with Gasteiger partial charge in [-0.25, -0.2) is 0 Å². The lowest BCUT2D eigenvalue weighted by Crippen LogP contribution is -2.27. The van der Waals surface area contributed by atoms with Gasteiger partial charge < -0.3 is 5.32 Å². The maximum atomic E-state index is 12.6. The molecule has 1 aliphatic rings. The van der Waals surface area contributed by atoms with Crippen LogP contribution in [-0.2, 0) is 6.54 Å². The Morgan fingerprint density at radius 1 is 1.00 bits per heavy atom. The van der Waals surface area contributed by atoms with E-state index in [2.05, 4.69) is 54.4 Å². The number of amides is 1. The highest BCUT2D eigenvalue weighted by Gasteiger charge is 2.14. The van der Waals surface area contributed by atoms with Gasteiger partial charge in [0.1, 0.15) is 0 Å². The number of rotatable bonds is 5. The number of aryl methyl sites for hydroxylation is 2. The van der Waals surface area contributed by atoms with Crippen molar-refractivity contribution in [3.05, 3.63) is 70.3 Å². The fourth-order valence-corrected chi connectivity index (χ4v) is 3.98. The average Bonchev–Trinajstić information content (AvgIpc) is 2.91. The maximum absolute atomic E-state index is 12.6. The summed E-state index contributed by atoms with van der Waals surface area (Å²) < 4.78 is 0. The number of likely N-dealkylation sites (tertiary alicyclic amines) is 1. The van der Waals surface area contributed by atoms with Crippen LogP contribution < -0.4 is 5.32 Å². The summed E-state index contributed by atoms with van der Waals surface area (Å²) >= 11 is 0. The number of carbonyl (C=O) groups is 1. The van der Waals surface area contributed by atoms with Crippen LogP contribution in [0.3, 0.4) is 0 Å². The van der Waals surface area contributed by atoms with Crippen LogP contribution in [0.4, 0.5) is 0 Å². The molecule has 27 heavy (non-hydrogen) atoms. The average molecular weight is 365 g/mol. The number of carbonyl (C=O) groups excluding carboxylic acids is 1. The molecule has 0 unspecified atom stereocenters. The van der Waals surface area contributed by atoms with Gasteiger partial charge in [-0.3, -0.25) is 9.69 Å². The van der Waals surface area contributed by atoms with Crippen molar-refractivity contribution >= 4 is 5.91 Å². The number of nitrogens with zero attached hydrogens (tertiary/aromatic N) is 1. The van der Waals surface area contributed by atoms with Gasteiger partial charge in [-0.2, -0.15) is 0 Å². The third-order valence-electron chi connectivity index (χ3n) is 5.56. The third kappa shape index (κ3) is 5.43. The highest BCUT2D eigenvalue weighted by atomic mass is 16.1. The van der Waals surface area contributed by atoms with Crippen molar-refractivity contribution in [2.45, 2.75) is 59.0 Å². The molecule has 1 amide bonds. The summed E-state index contributed by atoms with van der Waals surface area (Å²) in [7, 11) is 0. The van der Waals surface area contributed by atoms with E-state index in [1.165, 1.54) is 61.0 Å². The second kappa shape index (κ2) is 9.18. The molecule has 144 valence electrons. The minimum absolute atomic E-state index is 0.00474. The van der Waals surface area contributed by atoms with E-state index in [1.807, 2.05) is 19.1 Å². The monoisotopic (exact) mass is 364 g/mol. The highest BCUT2D eigenvalue weighted by molar-refractivity contribution is 5.94. The zero-order valence-electron chi connectivity index (χ0n) is 16.9. The minimum Gasteiger partial charge on any atom is -0.346 e. The quantitative estimate of drug-likeness (QED) is 0.794. The van der Waals surface area contributed by atoms with Gasteiger partial charge >= 0.3 is 0 Å². The predicted octanol–water partition coefficient (Wildman–Crippen LogP) is 5.17. The van der Waals surface area contributed by atoms with E-state index in [0.29, 0.717) is 0 Å². The van der Waals surface area contributed by atoms with Crippen molar-refractivity contribution in [2.75, 3.05) is 13.1 Å². The van der Waals surface area contributed by atoms with Crippen molar-refractivity contribution in [2.24, 2.45) is 0 Å². The number of nitrogens with one attached hydrogen (secondary N) is 1. The molecular weight excluding hydrogens is 332 g/mol. The Kier molecular flexibility index (Phi) is 6.68. The molecular formula is C24H32N2O. The highest BCUT2D eigenvalue weighted by Crippen LogP contribution is 2.19. The molecule has 0 spiro atoms. The summed E-state index contributed by atoms with van der Waals surface area (Å²) in [6.07, 6.45) is 5.32. The lowest BCUT2D eigenvalue weighted by atomic mass is 10.00. The van der Waals surface area contributed by atoms with Crippen molar-refractivity contribution in [1.29, 1.82) is 0 Å². The lowest BCUT2D eigenvalue weighted by Gasteiger charge is -2.20. The first-order valence-corrected chi connectivity index (χ1v) is 10.2. The van der Waals surface area contributed by atoms with E-state index in [-0.39, 0.29) is 11.9 Å². The van der Waals surface area contributed by atoms with Crippen LogP contribution in [0.15, 0.2) is 42.5 Å². The van der Waals surface area contributed by atoms with E-state index in [4.69, 9.17) is 0 Å².